The number of halogens is 1. The monoisotopic (exact) mass is 300 g/mol. The molecule has 2 rings (SSSR count). The summed E-state index contributed by atoms with van der Waals surface area (Å²) >= 11 is 1.44. The largest absolute Gasteiger partial charge is 0.262 e. The maximum absolute atomic E-state index is 11.4. The molecule has 1 unspecified atom stereocenters. The lowest BCUT2D eigenvalue weighted by Gasteiger charge is -2.11. The predicted octanol–water partition coefficient (Wildman–Crippen LogP) is 4.02. The van der Waals surface area contributed by atoms with Gasteiger partial charge in [-0.15, -0.1) is 11.3 Å². The first-order valence-corrected chi connectivity index (χ1v) is 8.73. The van der Waals surface area contributed by atoms with Gasteiger partial charge in [0, 0.05) is 15.6 Å². The van der Waals surface area contributed by atoms with Gasteiger partial charge >= 0.3 is 0 Å². The smallest absolute Gasteiger partial charge is 0.207 e. The summed E-state index contributed by atoms with van der Waals surface area (Å²) in [7, 11) is 1.79. The Labute approximate surface area is 116 Å². The molecule has 0 N–H and O–H groups in total. The van der Waals surface area contributed by atoms with Crippen LogP contribution in [0.25, 0.3) is 0 Å². The van der Waals surface area contributed by atoms with Gasteiger partial charge in [-0.1, -0.05) is 37.3 Å². The average molecular weight is 301 g/mol. The Balaban J connectivity index is 2.25. The highest BCUT2D eigenvalue weighted by atomic mass is 35.7. The van der Waals surface area contributed by atoms with E-state index in [0.29, 0.717) is 0 Å². The van der Waals surface area contributed by atoms with Crippen LogP contribution < -0.4 is 0 Å². The van der Waals surface area contributed by atoms with Crippen LogP contribution in [0.4, 0.5) is 0 Å². The van der Waals surface area contributed by atoms with E-state index in [-0.39, 0.29) is 10.8 Å². The van der Waals surface area contributed by atoms with Gasteiger partial charge in [-0.25, -0.2) is 8.42 Å². The second kappa shape index (κ2) is 5.43. The third-order valence-electron chi connectivity index (χ3n) is 2.75. The summed E-state index contributed by atoms with van der Waals surface area (Å²) in [5, 5.41) is 1.77. The van der Waals surface area contributed by atoms with Crippen LogP contribution in [0.5, 0.6) is 0 Å². The first-order valence-electron chi connectivity index (χ1n) is 5.54. The molecule has 18 heavy (non-hydrogen) atoms. The van der Waals surface area contributed by atoms with Crippen molar-refractivity contribution in [1.82, 2.24) is 0 Å². The highest BCUT2D eigenvalue weighted by Crippen LogP contribution is 2.33. The molecule has 1 atom stereocenters. The summed E-state index contributed by atoms with van der Waals surface area (Å²) in [4.78, 5) is 1.08. The quantitative estimate of drug-likeness (QED) is 0.799. The Morgan fingerprint density at radius 1 is 1.22 bits per heavy atom. The van der Waals surface area contributed by atoms with E-state index in [4.69, 9.17) is 10.7 Å². The first-order chi connectivity index (χ1) is 8.48. The van der Waals surface area contributed by atoms with Gasteiger partial charge in [0.15, 0.2) is 0 Å². The van der Waals surface area contributed by atoms with Gasteiger partial charge in [0.1, 0.15) is 0 Å². The van der Waals surface area contributed by atoms with Crippen molar-refractivity contribution in [2.75, 3.05) is 0 Å². The number of benzene rings is 1. The maximum atomic E-state index is 11.4. The Kier molecular flexibility index (Phi) is 4.10. The predicted molar refractivity (Wildman–Crippen MR) is 75.9 cm³/mol. The molecule has 0 aliphatic carbocycles. The summed E-state index contributed by atoms with van der Waals surface area (Å²) < 4.78 is 22.9. The van der Waals surface area contributed by atoms with Crippen LogP contribution in [0.3, 0.4) is 0 Å². The molecule has 0 saturated heterocycles. The van der Waals surface area contributed by atoms with Gasteiger partial charge < -0.3 is 0 Å². The number of rotatable bonds is 4. The number of hydrogen-bond acceptors (Lipinski definition) is 3. The minimum Gasteiger partial charge on any atom is -0.207 e. The summed E-state index contributed by atoms with van der Waals surface area (Å²) in [6.45, 7) is 2.02. The van der Waals surface area contributed by atoms with Crippen molar-refractivity contribution in [2.45, 2.75) is 24.2 Å². The highest BCUT2D eigenvalue weighted by Gasteiger charge is 2.21. The molecule has 1 heterocycles. The van der Waals surface area contributed by atoms with Gasteiger partial charge in [-0.2, -0.15) is 0 Å². The Bertz CT molecular complexity index is 617. The normalized spacial score (nSPS) is 13.4. The van der Waals surface area contributed by atoms with Gasteiger partial charge in [0.25, 0.3) is 9.05 Å². The highest BCUT2D eigenvalue weighted by molar-refractivity contribution is 8.13. The van der Waals surface area contributed by atoms with Crippen LogP contribution in [-0.2, 0) is 15.5 Å². The number of thiophene rings is 1. The molecule has 0 aliphatic rings. The lowest BCUT2D eigenvalue weighted by molar-refractivity contribution is 0.607. The van der Waals surface area contributed by atoms with E-state index < -0.39 is 9.05 Å². The zero-order chi connectivity index (χ0) is 13.2. The van der Waals surface area contributed by atoms with Crippen molar-refractivity contribution in [2.24, 2.45) is 0 Å². The molecule has 0 radical (unpaired) electrons. The van der Waals surface area contributed by atoms with Crippen molar-refractivity contribution in [3.05, 3.63) is 52.2 Å². The SMILES string of the molecule is CC(Cc1ccccc1)c1sccc1S(=O)(=O)Cl. The van der Waals surface area contributed by atoms with Crippen LogP contribution in [0.1, 0.15) is 23.3 Å². The van der Waals surface area contributed by atoms with Gasteiger partial charge in [0.05, 0.1) is 4.90 Å². The van der Waals surface area contributed by atoms with Gasteiger partial charge in [-0.05, 0) is 29.3 Å². The van der Waals surface area contributed by atoms with Crippen molar-refractivity contribution in [3.8, 4) is 0 Å². The van der Waals surface area contributed by atoms with Crippen molar-refractivity contribution < 1.29 is 8.42 Å². The molecule has 1 aromatic heterocycles. The van der Waals surface area contributed by atoms with Crippen LogP contribution in [0.2, 0.25) is 0 Å². The maximum Gasteiger partial charge on any atom is 0.262 e. The molecule has 1 aromatic carbocycles. The molecule has 5 heteroatoms. The van der Waals surface area contributed by atoms with Crippen LogP contribution in [0, 0.1) is 0 Å². The molecule has 96 valence electrons. The zero-order valence-electron chi connectivity index (χ0n) is 9.84. The van der Waals surface area contributed by atoms with Crippen molar-refractivity contribution >= 4 is 31.1 Å². The van der Waals surface area contributed by atoms with Crippen LogP contribution >= 0.6 is 22.0 Å². The molecule has 0 amide bonds. The van der Waals surface area contributed by atoms with Gasteiger partial charge in [0.2, 0.25) is 0 Å². The Hall–Kier alpha value is -0.840. The molecule has 0 aliphatic heterocycles. The van der Waals surface area contributed by atoms with Gasteiger partial charge in [-0.3, -0.25) is 0 Å². The fourth-order valence-electron chi connectivity index (χ4n) is 1.93. The average Bonchev–Trinajstić information content (AvgIpc) is 2.79. The van der Waals surface area contributed by atoms with E-state index in [9.17, 15) is 8.42 Å². The molecule has 0 fully saturated rings. The van der Waals surface area contributed by atoms with E-state index in [1.165, 1.54) is 16.9 Å². The van der Waals surface area contributed by atoms with Crippen LogP contribution in [0.15, 0.2) is 46.7 Å². The summed E-state index contributed by atoms with van der Waals surface area (Å²) in [5.74, 6) is 0.135. The van der Waals surface area contributed by atoms with Crippen LogP contribution in [-0.4, -0.2) is 8.42 Å². The molecule has 0 bridgehead atoms. The first kappa shape index (κ1) is 13.6. The van der Waals surface area contributed by atoms with E-state index in [0.717, 1.165) is 11.3 Å². The third-order valence-corrected chi connectivity index (χ3v) is 5.41. The molecule has 0 saturated carbocycles. The van der Waals surface area contributed by atoms with E-state index in [2.05, 4.69) is 0 Å². The summed E-state index contributed by atoms with van der Waals surface area (Å²) in [6, 6.07) is 11.6. The molecule has 0 spiro atoms. The minimum absolute atomic E-state index is 0.135. The topological polar surface area (TPSA) is 34.1 Å². The molecule has 2 aromatic rings. The lowest BCUT2D eigenvalue weighted by atomic mass is 10.00. The summed E-state index contributed by atoms with van der Waals surface area (Å²) in [6.07, 6.45) is 0.806. The van der Waals surface area contributed by atoms with E-state index in [1.54, 1.807) is 11.4 Å². The summed E-state index contributed by atoms with van der Waals surface area (Å²) in [5.41, 5.74) is 1.19. The second-order valence-electron chi connectivity index (χ2n) is 4.18. The Morgan fingerprint density at radius 3 is 2.50 bits per heavy atom. The minimum atomic E-state index is -3.64. The molecular weight excluding hydrogens is 288 g/mol. The molecular formula is C13H13ClO2S2. The fraction of sp³-hybridized carbons (Fsp3) is 0.231. The Morgan fingerprint density at radius 2 is 1.89 bits per heavy atom. The van der Waals surface area contributed by atoms with E-state index >= 15 is 0 Å². The standard InChI is InChI=1S/C13H13ClO2S2/c1-10(9-11-5-3-2-4-6-11)13-12(7-8-17-13)18(14,15)16/h2-8,10H,9H2,1H3. The van der Waals surface area contributed by atoms with Crippen molar-refractivity contribution in [3.63, 3.8) is 0 Å². The van der Waals surface area contributed by atoms with Crippen molar-refractivity contribution in [1.29, 1.82) is 0 Å². The number of hydrogen-bond donors (Lipinski definition) is 0. The lowest BCUT2D eigenvalue weighted by Crippen LogP contribution is -2.01. The second-order valence-corrected chi connectivity index (χ2v) is 7.66. The van der Waals surface area contributed by atoms with E-state index in [1.807, 2.05) is 37.3 Å². The fourth-order valence-corrected chi connectivity index (χ4v) is 4.55. The zero-order valence-corrected chi connectivity index (χ0v) is 12.2. The molecule has 2 nitrogen and oxygen atoms in total. The third kappa shape index (κ3) is 3.13.